The first-order chi connectivity index (χ1) is 18.0. The van der Waals surface area contributed by atoms with Crippen molar-refractivity contribution in [3.05, 3.63) is 71.8 Å². The highest BCUT2D eigenvalue weighted by Crippen LogP contribution is 2.86. The van der Waals surface area contributed by atoms with Crippen molar-refractivity contribution in [1.29, 1.82) is 0 Å². The number of carbonyl (C=O) groups excluding carboxylic acids is 2. The van der Waals surface area contributed by atoms with E-state index in [1.165, 1.54) is 19.3 Å². The molecule has 0 heterocycles. The minimum Gasteiger partial charge on any atom is -0.454 e. The highest BCUT2D eigenvalue weighted by molar-refractivity contribution is 5.90. The van der Waals surface area contributed by atoms with Gasteiger partial charge in [0.25, 0.3) is 0 Å². The van der Waals surface area contributed by atoms with Gasteiger partial charge in [0.15, 0.2) is 0 Å². The lowest BCUT2D eigenvalue weighted by atomic mass is 9.49. The number of hydrogen-bond donors (Lipinski definition) is 0. The van der Waals surface area contributed by atoms with Crippen LogP contribution in [0.1, 0.15) is 87.9 Å². The second-order valence-corrected chi connectivity index (χ2v) is 14.0. The van der Waals surface area contributed by atoms with Crippen molar-refractivity contribution < 1.29 is 19.1 Å². The molecule has 4 nitrogen and oxygen atoms in total. The first-order valence-electron chi connectivity index (χ1n) is 14.5. The van der Waals surface area contributed by atoms with Gasteiger partial charge in [-0.2, -0.15) is 0 Å². The fourth-order valence-corrected chi connectivity index (χ4v) is 10.4. The van der Waals surface area contributed by atoms with Crippen molar-refractivity contribution >= 4 is 11.9 Å². The van der Waals surface area contributed by atoms with E-state index in [9.17, 15) is 9.59 Å². The number of rotatable bonds is 6. The van der Waals surface area contributed by atoms with Crippen molar-refractivity contribution in [3.8, 4) is 0 Å². The predicted octanol–water partition coefficient (Wildman–Crippen LogP) is 7.58. The summed E-state index contributed by atoms with van der Waals surface area (Å²) in [6, 6.07) is 18.5. The molecule has 4 saturated carbocycles. The Kier molecular flexibility index (Phi) is 5.69. The molecule has 2 aromatic rings. The van der Waals surface area contributed by atoms with Crippen LogP contribution >= 0.6 is 0 Å². The van der Waals surface area contributed by atoms with Gasteiger partial charge in [-0.3, -0.25) is 0 Å². The average Bonchev–Trinajstić information content (AvgIpc) is 3.57. The number of fused-ring (bicyclic) bond motifs is 9. The van der Waals surface area contributed by atoms with Gasteiger partial charge in [0, 0.05) is 10.8 Å². The van der Waals surface area contributed by atoms with Crippen molar-refractivity contribution in [2.45, 2.75) is 79.4 Å². The lowest BCUT2D eigenvalue weighted by Gasteiger charge is -2.57. The molecule has 0 saturated heterocycles. The Morgan fingerprint density at radius 2 is 1.03 bits per heavy atom. The molecule has 6 rings (SSSR count). The molecule has 8 atom stereocenters. The van der Waals surface area contributed by atoms with E-state index in [2.05, 4.69) is 41.5 Å². The quantitative estimate of drug-likeness (QED) is 0.294. The maximum absolute atomic E-state index is 13.6. The van der Waals surface area contributed by atoms with Gasteiger partial charge >= 0.3 is 11.9 Å². The van der Waals surface area contributed by atoms with Crippen LogP contribution in [0, 0.1) is 45.3 Å². The number of hydrogen-bond acceptors (Lipinski definition) is 4. The van der Waals surface area contributed by atoms with Crippen LogP contribution in [0.25, 0.3) is 0 Å². The molecule has 0 spiro atoms. The van der Waals surface area contributed by atoms with E-state index in [1.54, 1.807) is 0 Å². The Hall–Kier alpha value is -2.62. The lowest BCUT2D eigenvalue weighted by Crippen LogP contribution is -2.61. The maximum atomic E-state index is 13.6. The standard InChI is InChI=1S/C34H42O4/c1-21(2)33-20-34(22(3)4,26-25(33)31(5)17-18-32(26,6)19-31)28(38-30(36)24-15-11-8-12-16-24)27(33)37-29(35)23-13-9-7-10-14-23/h7-16,21-22,25-28H,17-20H2,1-6H3. The minimum absolute atomic E-state index is 0.214. The summed E-state index contributed by atoms with van der Waals surface area (Å²) in [5, 5.41) is 0. The van der Waals surface area contributed by atoms with Crippen LogP contribution in [0.15, 0.2) is 60.7 Å². The molecule has 4 aliphatic carbocycles. The molecular formula is C34H42O4. The summed E-state index contributed by atoms with van der Waals surface area (Å²) < 4.78 is 13.2. The van der Waals surface area contributed by atoms with Crippen LogP contribution in [0.5, 0.6) is 0 Å². The molecule has 0 aromatic heterocycles. The zero-order valence-corrected chi connectivity index (χ0v) is 23.7. The molecule has 202 valence electrons. The molecule has 4 bridgehead atoms. The Balaban J connectivity index is 1.51. The van der Waals surface area contributed by atoms with Crippen LogP contribution in [-0.2, 0) is 9.47 Å². The normalized spacial score (nSPS) is 40.5. The third kappa shape index (κ3) is 3.21. The smallest absolute Gasteiger partial charge is 0.338 e. The summed E-state index contributed by atoms with van der Waals surface area (Å²) in [4.78, 5) is 27.3. The molecule has 0 N–H and O–H groups in total. The topological polar surface area (TPSA) is 52.6 Å². The third-order valence-electron chi connectivity index (χ3n) is 11.7. The zero-order chi connectivity index (χ0) is 27.1. The fraction of sp³-hybridized carbons (Fsp3) is 0.588. The van der Waals surface area contributed by atoms with E-state index in [0.29, 0.717) is 23.0 Å². The van der Waals surface area contributed by atoms with Crippen molar-refractivity contribution in [3.63, 3.8) is 0 Å². The van der Waals surface area contributed by atoms with Gasteiger partial charge in [0.05, 0.1) is 11.1 Å². The van der Waals surface area contributed by atoms with Crippen molar-refractivity contribution in [1.82, 2.24) is 0 Å². The highest BCUT2D eigenvalue weighted by Gasteiger charge is 2.85. The van der Waals surface area contributed by atoms with E-state index >= 15 is 0 Å². The van der Waals surface area contributed by atoms with Crippen molar-refractivity contribution in [2.24, 2.45) is 45.3 Å². The molecular weight excluding hydrogens is 472 g/mol. The maximum Gasteiger partial charge on any atom is 0.338 e. The Morgan fingerprint density at radius 1 is 0.658 bits per heavy atom. The van der Waals surface area contributed by atoms with Crippen LogP contribution < -0.4 is 0 Å². The van der Waals surface area contributed by atoms with Gasteiger partial charge in [-0.1, -0.05) is 77.9 Å². The molecule has 0 amide bonds. The van der Waals surface area contributed by atoms with E-state index in [1.807, 2.05) is 60.7 Å². The SMILES string of the molecule is CC(C)C12CC(C(C)C)(C(OC(=O)c3ccccc3)C1OC(=O)c1ccccc1)C1C2C2(C)CCC1(C)C2. The zero-order valence-electron chi connectivity index (χ0n) is 23.7. The fourth-order valence-electron chi connectivity index (χ4n) is 10.4. The van der Waals surface area contributed by atoms with Gasteiger partial charge < -0.3 is 9.47 Å². The largest absolute Gasteiger partial charge is 0.454 e. The molecule has 4 aliphatic rings. The van der Waals surface area contributed by atoms with E-state index in [4.69, 9.17) is 9.47 Å². The summed E-state index contributed by atoms with van der Waals surface area (Å²) in [7, 11) is 0. The monoisotopic (exact) mass is 514 g/mol. The summed E-state index contributed by atoms with van der Waals surface area (Å²) in [5.41, 5.74) is 1.03. The first-order valence-corrected chi connectivity index (χ1v) is 14.5. The lowest BCUT2D eigenvalue weighted by molar-refractivity contribution is -0.183. The Bertz CT molecular complexity index is 1140. The number of carbonyl (C=O) groups is 2. The minimum atomic E-state index is -0.480. The second-order valence-electron chi connectivity index (χ2n) is 14.0. The van der Waals surface area contributed by atoms with Gasteiger partial charge in [-0.05, 0) is 84.5 Å². The first kappa shape index (κ1) is 25.6. The van der Waals surface area contributed by atoms with E-state index in [0.717, 1.165) is 6.42 Å². The molecule has 0 aliphatic heterocycles. The highest BCUT2D eigenvalue weighted by atomic mass is 16.6. The van der Waals surface area contributed by atoms with Crippen LogP contribution in [-0.4, -0.2) is 24.1 Å². The summed E-state index contributed by atoms with van der Waals surface area (Å²) >= 11 is 0. The van der Waals surface area contributed by atoms with Gasteiger partial charge in [0.2, 0.25) is 0 Å². The molecule has 8 unspecified atom stereocenters. The summed E-state index contributed by atoms with van der Waals surface area (Å²) in [6.07, 6.45) is 3.63. The Labute approximate surface area is 227 Å². The molecule has 4 fully saturated rings. The average molecular weight is 515 g/mol. The number of ether oxygens (including phenoxy) is 2. The van der Waals surface area contributed by atoms with Gasteiger partial charge in [-0.25, -0.2) is 9.59 Å². The van der Waals surface area contributed by atoms with Gasteiger partial charge in [-0.15, -0.1) is 0 Å². The summed E-state index contributed by atoms with van der Waals surface area (Å²) in [5.74, 6) is 0.805. The number of esters is 2. The number of benzene rings is 2. The summed E-state index contributed by atoms with van der Waals surface area (Å²) in [6.45, 7) is 14.2. The molecule has 4 heteroatoms. The third-order valence-corrected chi connectivity index (χ3v) is 11.7. The second kappa shape index (κ2) is 8.44. The van der Waals surface area contributed by atoms with E-state index < -0.39 is 12.2 Å². The van der Waals surface area contributed by atoms with Crippen LogP contribution in [0.2, 0.25) is 0 Å². The predicted molar refractivity (Wildman–Crippen MR) is 147 cm³/mol. The van der Waals surface area contributed by atoms with Crippen molar-refractivity contribution in [2.75, 3.05) is 0 Å². The van der Waals surface area contributed by atoms with Crippen LogP contribution in [0.4, 0.5) is 0 Å². The molecule has 0 radical (unpaired) electrons. The Morgan fingerprint density at radius 3 is 1.37 bits per heavy atom. The molecule has 38 heavy (non-hydrogen) atoms. The van der Waals surface area contributed by atoms with Gasteiger partial charge in [0.1, 0.15) is 12.2 Å². The van der Waals surface area contributed by atoms with Crippen LogP contribution in [0.3, 0.4) is 0 Å². The van der Waals surface area contributed by atoms with E-state index in [-0.39, 0.29) is 45.4 Å². The molecule has 2 aromatic carbocycles.